The number of pyridine rings is 1. The highest BCUT2D eigenvalue weighted by Gasteiger charge is 2.24. The van der Waals surface area contributed by atoms with E-state index in [1.54, 1.807) is 0 Å². The maximum atomic E-state index is 10.9. The van der Waals surface area contributed by atoms with Crippen LogP contribution in [-0.4, -0.2) is 32.9 Å². The molecule has 1 unspecified atom stereocenters. The smallest absolute Gasteiger partial charge is 0.326 e. The summed E-state index contributed by atoms with van der Waals surface area (Å²) >= 11 is 0. The summed E-state index contributed by atoms with van der Waals surface area (Å²) in [5.41, 5.74) is 4.50. The Labute approximate surface area is 101 Å². The van der Waals surface area contributed by atoms with Crippen molar-refractivity contribution in [3.63, 3.8) is 0 Å². The van der Waals surface area contributed by atoms with Gasteiger partial charge in [-0.2, -0.15) is 0 Å². The molecule has 0 aromatic carbocycles. The van der Waals surface area contributed by atoms with Crippen LogP contribution >= 0.6 is 0 Å². The molecule has 96 valence electrons. The average molecular weight is 254 g/mol. The van der Waals surface area contributed by atoms with E-state index in [1.807, 2.05) is 0 Å². The van der Waals surface area contributed by atoms with Crippen molar-refractivity contribution >= 4 is 23.4 Å². The fourth-order valence-electron chi connectivity index (χ4n) is 1.22. The highest BCUT2D eigenvalue weighted by molar-refractivity contribution is 5.85. The number of aliphatic carboxylic acids is 1. The van der Waals surface area contributed by atoms with Gasteiger partial charge in [-0.3, -0.25) is 14.9 Å². The second kappa shape index (κ2) is 5.57. The quantitative estimate of drug-likeness (QED) is 0.467. The molecule has 1 rings (SSSR count). The van der Waals surface area contributed by atoms with Gasteiger partial charge >= 0.3 is 11.7 Å². The summed E-state index contributed by atoms with van der Waals surface area (Å²) in [6.07, 6.45) is 0.765. The van der Waals surface area contributed by atoms with E-state index in [4.69, 9.17) is 10.8 Å². The molecule has 1 aromatic rings. The molecule has 0 radical (unpaired) electrons. The average Bonchev–Trinajstić information content (AvgIpc) is 2.27. The van der Waals surface area contributed by atoms with Crippen molar-refractivity contribution in [1.29, 1.82) is 0 Å². The first kappa shape index (κ1) is 13.4. The van der Waals surface area contributed by atoms with Crippen molar-refractivity contribution in [2.75, 3.05) is 5.32 Å². The van der Waals surface area contributed by atoms with Gasteiger partial charge < -0.3 is 16.2 Å². The molecule has 1 atom stereocenters. The summed E-state index contributed by atoms with van der Waals surface area (Å²) in [4.78, 5) is 35.2. The number of primary amides is 1. The van der Waals surface area contributed by atoms with Crippen molar-refractivity contribution in [2.24, 2.45) is 5.73 Å². The first-order chi connectivity index (χ1) is 8.41. The van der Waals surface area contributed by atoms with Crippen LogP contribution in [0, 0.1) is 10.1 Å². The first-order valence-corrected chi connectivity index (χ1v) is 4.79. The van der Waals surface area contributed by atoms with Crippen molar-refractivity contribution in [2.45, 2.75) is 12.5 Å². The molecule has 1 aromatic heterocycles. The SMILES string of the molecule is NC(=O)CC(Nc1ncccc1[N+](=O)[O-])C(=O)O. The highest BCUT2D eigenvalue weighted by Crippen LogP contribution is 2.21. The normalized spacial score (nSPS) is 11.6. The van der Waals surface area contributed by atoms with Crippen LogP contribution in [-0.2, 0) is 9.59 Å². The predicted octanol–water partition coefficient (Wildman–Crippen LogP) is -0.270. The van der Waals surface area contributed by atoms with E-state index >= 15 is 0 Å². The zero-order valence-electron chi connectivity index (χ0n) is 9.07. The van der Waals surface area contributed by atoms with Gasteiger partial charge in [0.1, 0.15) is 6.04 Å². The second-order valence-corrected chi connectivity index (χ2v) is 3.33. The van der Waals surface area contributed by atoms with Gasteiger partial charge in [0.05, 0.1) is 11.3 Å². The Kier molecular flexibility index (Phi) is 4.13. The fraction of sp³-hybridized carbons (Fsp3) is 0.222. The van der Waals surface area contributed by atoms with Crippen molar-refractivity contribution in [3.8, 4) is 0 Å². The van der Waals surface area contributed by atoms with E-state index in [0.717, 1.165) is 0 Å². The second-order valence-electron chi connectivity index (χ2n) is 3.33. The topological polar surface area (TPSA) is 148 Å². The van der Waals surface area contributed by atoms with E-state index in [9.17, 15) is 19.7 Å². The number of nitrogens with zero attached hydrogens (tertiary/aromatic N) is 2. The summed E-state index contributed by atoms with van der Waals surface area (Å²) in [6.45, 7) is 0. The number of nitro groups is 1. The number of anilines is 1. The van der Waals surface area contributed by atoms with Gasteiger partial charge in [0.2, 0.25) is 11.7 Å². The Hall–Kier alpha value is -2.71. The van der Waals surface area contributed by atoms with E-state index in [2.05, 4.69) is 10.3 Å². The zero-order valence-corrected chi connectivity index (χ0v) is 9.07. The van der Waals surface area contributed by atoms with Gasteiger partial charge in [0, 0.05) is 12.3 Å². The van der Waals surface area contributed by atoms with Gasteiger partial charge in [-0.1, -0.05) is 0 Å². The number of carbonyl (C=O) groups is 2. The van der Waals surface area contributed by atoms with Crippen LogP contribution < -0.4 is 11.1 Å². The molecule has 0 aliphatic rings. The minimum atomic E-state index is -1.36. The molecule has 0 aliphatic carbocycles. The lowest BCUT2D eigenvalue weighted by Crippen LogP contribution is -2.34. The Balaban J connectivity index is 2.97. The Bertz CT molecular complexity index is 490. The molecule has 0 fully saturated rings. The molecule has 0 aliphatic heterocycles. The fourth-order valence-corrected chi connectivity index (χ4v) is 1.22. The number of rotatable bonds is 6. The van der Waals surface area contributed by atoms with Crippen LogP contribution in [0.2, 0.25) is 0 Å². The summed E-state index contributed by atoms with van der Waals surface area (Å²) in [7, 11) is 0. The molecule has 1 amide bonds. The van der Waals surface area contributed by atoms with Crippen molar-refractivity contribution in [1.82, 2.24) is 4.98 Å². The number of aromatic nitrogens is 1. The maximum Gasteiger partial charge on any atom is 0.326 e. The third kappa shape index (κ3) is 3.40. The molecular formula is C9H10N4O5. The molecule has 0 bridgehead atoms. The number of carbonyl (C=O) groups excluding carboxylic acids is 1. The Morgan fingerprint density at radius 2 is 2.28 bits per heavy atom. The number of nitrogens with two attached hydrogens (primary N) is 1. The predicted molar refractivity (Wildman–Crippen MR) is 59.7 cm³/mol. The van der Waals surface area contributed by atoms with Crippen LogP contribution in [0.5, 0.6) is 0 Å². The molecule has 18 heavy (non-hydrogen) atoms. The van der Waals surface area contributed by atoms with Gasteiger partial charge in [0.25, 0.3) is 0 Å². The van der Waals surface area contributed by atoms with Crippen LogP contribution in [0.15, 0.2) is 18.3 Å². The molecular weight excluding hydrogens is 244 g/mol. The molecule has 9 nitrogen and oxygen atoms in total. The van der Waals surface area contributed by atoms with E-state index in [0.29, 0.717) is 0 Å². The van der Waals surface area contributed by atoms with Gasteiger partial charge in [-0.15, -0.1) is 0 Å². The molecule has 9 heteroatoms. The Morgan fingerprint density at radius 3 is 2.78 bits per heavy atom. The lowest BCUT2D eigenvalue weighted by Gasteiger charge is -2.12. The van der Waals surface area contributed by atoms with Gasteiger partial charge in [0.15, 0.2) is 0 Å². The Morgan fingerprint density at radius 1 is 1.61 bits per heavy atom. The first-order valence-electron chi connectivity index (χ1n) is 4.79. The number of amides is 1. The minimum Gasteiger partial charge on any atom is -0.480 e. The van der Waals surface area contributed by atoms with Crippen molar-refractivity contribution in [3.05, 3.63) is 28.4 Å². The standard InChI is InChI=1S/C9H10N4O5/c10-7(14)4-5(9(15)16)12-8-6(13(17)18)2-1-3-11-8/h1-3,5H,4H2,(H2,10,14)(H,11,12)(H,15,16). The summed E-state index contributed by atoms with van der Waals surface area (Å²) < 4.78 is 0. The minimum absolute atomic E-state index is 0.226. The van der Waals surface area contributed by atoms with E-state index < -0.39 is 29.3 Å². The number of carboxylic acids is 1. The summed E-state index contributed by atoms with van der Waals surface area (Å²) in [5.74, 6) is -2.42. The third-order valence-electron chi connectivity index (χ3n) is 2.00. The third-order valence-corrected chi connectivity index (χ3v) is 2.00. The largest absolute Gasteiger partial charge is 0.480 e. The van der Waals surface area contributed by atoms with Crippen LogP contribution in [0.4, 0.5) is 11.5 Å². The summed E-state index contributed by atoms with van der Waals surface area (Å²) in [6, 6.07) is 1.14. The number of hydrogen-bond acceptors (Lipinski definition) is 6. The maximum absolute atomic E-state index is 10.9. The van der Waals surface area contributed by atoms with Crippen molar-refractivity contribution < 1.29 is 19.6 Å². The summed E-state index contributed by atoms with van der Waals surface area (Å²) in [5, 5.41) is 21.8. The number of hydrogen-bond donors (Lipinski definition) is 3. The highest BCUT2D eigenvalue weighted by atomic mass is 16.6. The number of nitrogens with one attached hydrogen (secondary N) is 1. The zero-order chi connectivity index (χ0) is 13.7. The van der Waals surface area contributed by atoms with E-state index in [1.165, 1.54) is 18.3 Å². The van der Waals surface area contributed by atoms with Gasteiger partial charge in [-0.25, -0.2) is 9.78 Å². The van der Waals surface area contributed by atoms with E-state index in [-0.39, 0.29) is 11.5 Å². The van der Waals surface area contributed by atoms with Crippen LogP contribution in [0.1, 0.15) is 6.42 Å². The number of carboxylic acid groups (broad SMARTS) is 1. The lowest BCUT2D eigenvalue weighted by atomic mass is 10.2. The molecule has 0 saturated heterocycles. The van der Waals surface area contributed by atoms with Crippen LogP contribution in [0.25, 0.3) is 0 Å². The molecule has 4 N–H and O–H groups in total. The molecule has 1 heterocycles. The monoisotopic (exact) mass is 254 g/mol. The lowest BCUT2D eigenvalue weighted by molar-refractivity contribution is -0.384. The molecule has 0 saturated carbocycles. The molecule has 0 spiro atoms. The van der Waals surface area contributed by atoms with Gasteiger partial charge in [-0.05, 0) is 6.07 Å². The van der Waals surface area contributed by atoms with Crippen LogP contribution in [0.3, 0.4) is 0 Å².